The highest BCUT2D eigenvalue weighted by Crippen LogP contribution is 2.07. The van der Waals surface area contributed by atoms with Crippen molar-refractivity contribution in [1.29, 1.82) is 0 Å². The fraction of sp³-hybridized carbons (Fsp3) is 0.800. The van der Waals surface area contributed by atoms with Crippen LogP contribution < -0.4 is 0 Å². The number of ether oxygens (including phenoxy) is 2. The second kappa shape index (κ2) is 5.62. The Morgan fingerprint density at radius 1 is 1.14 bits per heavy atom. The molecule has 0 aliphatic carbocycles. The molecule has 0 atom stereocenters. The first kappa shape index (κ1) is 12.9. The van der Waals surface area contributed by atoms with E-state index in [0.29, 0.717) is 0 Å². The number of hydrogen-bond acceptors (Lipinski definition) is 4. The van der Waals surface area contributed by atoms with E-state index >= 15 is 0 Å². The molecule has 0 aromatic heterocycles. The van der Waals surface area contributed by atoms with Gasteiger partial charge in [-0.1, -0.05) is 13.3 Å². The molecule has 0 amide bonds. The average Bonchev–Trinajstić information content (AvgIpc) is 2.01. The van der Waals surface area contributed by atoms with E-state index in [1.54, 1.807) is 20.8 Å². The van der Waals surface area contributed by atoms with E-state index in [1.807, 2.05) is 6.92 Å². The maximum atomic E-state index is 11.1. The van der Waals surface area contributed by atoms with Crippen molar-refractivity contribution in [1.82, 2.24) is 0 Å². The lowest BCUT2D eigenvalue weighted by Gasteiger charge is -2.18. The first-order chi connectivity index (χ1) is 6.37. The zero-order valence-electron chi connectivity index (χ0n) is 9.25. The number of carbonyl (C=O) groups is 2. The maximum Gasteiger partial charge on any atom is 0.417 e. The number of unbranched alkanes of at least 4 members (excludes halogenated alkanes) is 1. The topological polar surface area (TPSA) is 52.6 Å². The Labute approximate surface area is 84.6 Å². The summed E-state index contributed by atoms with van der Waals surface area (Å²) in [6.45, 7) is 7.34. The molecule has 0 spiro atoms. The highest BCUT2D eigenvalue weighted by Gasteiger charge is 2.23. The Morgan fingerprint density at radius 2 is 1.71 bits per heavy atom. The van der Waals surface area contributed by atoms with Crippen LogP contribution in [0.25, 0.3) is 0 Å². The first-order valence-corrected chi connectivity index (χ1v) is 4.77. The summed E-state index contributed by atoms with van der Waals surface area (Å²) < 4.78 is 9.49. The second-order valence-corrected chi connectivity index (χ2v) is 3.99. The monoisotopic (exact) mass is 202 g/mol. The van der Waals surface area contributed by atoms with E-state index in [9.17, 15) is 9.59 Å². The molecular weight excluding hydrogens is 184 g/mol. The first-order valence-electron chi connectivity index (χ1n) is 4.77. The van der Waals surface area contributed by atoms with Gasteiger partial charge in [0, 0.05) is 0 Å². The van der Waals surface area contributed by atoms with E-state index in [0.717, 1.165) is 12.8 Å². The third kappa shape index (κ3) is 6.46. The standard InChI is InChI=1S/C10H18O4/c1-5-6-7-13-8(11)9(12)14-10(2,3)4/h5-7H2,1-4H3. The van der Waals surface area contributed by atoms with Crippen molar-refractivity contribution in [3.8, 4) is 0 Å². The molecule has 0 saturated carbocycles. The molecule has 0 unspecified atom stereocenters. The summed E-state index contributed by atoms with van der Waals surface area (Å²) in [6.07, 6.45) is 1.68. The van der Waals surface area contributed by atoms with Crippen LogP contribution in [0.2, 0.25) is 0 Å². The van der Waals surface area contributed by atoms with Gasteiger partial charge < -0.3 is 9.47 Å². The van der Waals surface area contributed by atoms with Crippen LogP contribution in [-0.4, -0.2) is 24.1 Å². The van der Waals surface area contributed by atoms with E-state index < -0.39 is 17.5 Å². The van der Waals surface area contributed by atoms with Gasteiger partial charge in [0.1, 0.15) is 5.60 Å². The molecule has 0 aliphatic rings. The van der Waals surface area contributed by atoms with Crippen LogP contribution in [0.15, 0.2) is 0 Å². The normalized spacial score (nSPS) is 10.9. The molecule has 82 valence electrons. The average molecular weight is 202 g/mol. The molecule has 0 aromatic carbocycles. The van der Waals surface area contributed by atoms with Crippen molar-refractivity contribution in [2.45, 2.75) is 46.1 Å². The van der Waals surface area contributed by atoms with Crippen molar-refractivity contribution in [2.75, 3.05) is 6.61 Å². The van der Waals surface area contributed by atoms with Gasteiger partial charge in [0.25, 0.3) is 0 Å². The molecule has 0 N–H and O–H groups in total. The van der Waals surface area contributed by atoms with Gasteiger partial charge in [-0.15, -0.1) is 0 Å². The van der Waals surface area contributed by atoms with Crippen molar-refractivity contribution in [3.05, 3.63) is 0 Å². The van der Waals surface area contributed by atoms with Crippen LogP contribution in [0.4, 0.5) is 0 Å². The Bertz CT molecular complexity index is 203. The number of esters is 2. The molecule has 0 rings (SSSR count). The highest BCUT2D eigenvalue weighted by atomic mass is 16.6. The van der Waals surface area contributed by atoms with Crippen LogP contribution in [-0.2, 0) is 19.1 Å². The predicted octanol–water partition coefficient (Wildman–Crippen LogP) is 1.67. The van der Waals surface area contributed by atoms with Gasteiger partial charge in [0.05, 0.1) is 6.61 Å². The quantitative estimate of drug-likeness (QED) is 0.397. The van der Waals surface area contributed by atoms with Crippen molar-refractivity contribution < 1.29 is 19.1 Å². The summed E-state index contributed by atoms with van der Waals surface area (Å²) in [6, 6.07) is 0. The largest absolute Gasteiger partial charge is 0.457 e. The van der Waals surface area contributed by atoms with Gasteiger partial charge in [-0.05, 0) is 27.2 Å². The van der Waals surface area contributed by atoms with E-state index in [1.165, 1.54) is 0 Å². The zero-order valence-corrected chi connectivity index (χ0v) is 9.25. The number of hydrogen-bond donors (Lipinski definition) is 0. The van der Waals surface area contributed by atoms with Crippen LogP contribution in [0.5, 0.6) is 0 Å². The molecule has 0 saturated heterocycles. The van der Waals surface area contributed by atoms with Crippen molar-refractivity contribution >= 4 is 11.9 Å². The minimum absolute atomic E-state index is 0.272. The zero-order chi connectivity index (χ0) is 11.2. The van der Waals surface area contributed by atoms with E-state index in [4.69, 9.17) is 4.74 Å². The summed E-state index contributed by atoms with van der Waals surface area (Å²) in [7, 11) is 0. The van der Waals surface area contributed by atoms with Crippen LogP contribution in [0.3, 0.4) is 0 Å². The Hall–Kier alpha value is -1.06. The molecule has 0 bridgehead atoms. The van der Waals surface area contributed by atoms with Crippen LogP contribution in [0.1, 0.15) is 40.5 Å². The lowest BCUT2D eigenvalue weighted by Crippen LogP contribution is -2.30. The van der Waals surface area contributed by atoms with Crippen LogP contribution >= 0.6 is 0 Å². The minimum atomic E-state index is -0.923. The molecule has 4 nitrogen and oxygen atoms in total. The Morgan fingerprint density at radius 3 is 2.14 bits per heavy atom. The summed E-state index contributed by atoms with van der Waals surface area (Å²) in [5, 5.41) is 0. The molecule has 0 heterocycles. The summed E-state index contributed by atoms with van der Waals surface area (Å²) in [5.41, 5.74) is -0.652. The Balaban J connectivity index is 3.83. The third-order valence-electron chi connectivity index (χ3n) is 1.30. The fourth-order valence-electron chi connectivity index (χ4n) is 0.688. The molecule has 0 aromatic rings. The second-order valence-electron chi connectivity index (χ2n) is 3.99. The van der Waals surface area contributed by atoms with Gasteiger partial charge >= 0.3 is 11.9 Å². The lowest BCUT2D eigenvalue weighted by atomic mass is 10.2. The van der Waals surface area contributed by atoms with Gasteiger partial charge in [0.15, 0.2) is 0 Å². The molecule has 14 heavy (non-hydrogen) atoms. The molecule has 0 radical (unpaired) electrons. The number of rotatable bonds is 3. The molecular formula is C10H18O4. The highest BCUT2D eigenvalue weighted by molar-refractivity contribution is 6.29. The van der Waals surface area contributed by atoms with Crippen molar-refractivity contribution in [2.24, 2.45) is 0 Å². The van der Waals surface area contributed by atoms with Gasteiger partial charge in [-0.2, -0.15) is 0 Å². The van der Waals surface area contributed by atoms with E-state index in [-0.39, 0.29) is 6.61 Å². The smallest absolute Gasteiger partial charge is 0.417 e. The summed E-state index contributed by atoms with van der Waals surface area (Å²) in [4.78, 5) is 22.1. The maximum absolute atomic E-state index is 11.1. The third-order valence-corrected chi connectivity index (χ3v) is 1.30. The van der Waals surface area contributed by atoms with Crippen molar-refractivity contribution in [3.63, 3.8) is 0 Å². The molecule has 0 fully saturated rings. The summed E-state index contributed by atoms with van der Waals surface area (Å²) in [5.74, 6) is -1.83. The fourth-order valence-corrected chi connectivity index (χ4v) is 0.688. The predicted molar refractivity (Wildman–Crippen MR) is 51.7 cm³/mol. The summed E-state index contributed by atoms with van der Waals surface area (Å²) >= 11 is 0. The van der Waals surface area contributed by atoms with E-state index in [2.05, 4.69) is 4.74 Å². The molecule has 0 aliphatic heterocycles. The lowest BCUT2D eigenvalue weighted by molar-refractivity contribution is -0.174. The van der Waals surface area contributed by atoms with Gasteiger partial charge in [-0.25, -0.2) is 9.59 Å². The Kier molecular flexibility index (Phi) is 5.20. The van der Waals surface area contributed by atoms with Crippen LogP contribution in [0, 0.1) is 0 Å². The molecule has 4 heteroatoms. The number of carbonyl (C=O) groups excluding carboxylic acids is 2. The SMILES string of the molecule is CCCCOC(=O)C(=O)OC(C)(C)C. The van der Waals surface area contributed by atoms with Gasteiger partial charge in [-0.3, -0.25) is 0 Å². The minimum Gasteiger partial charge on any atom is -0.457 e. The van der Waals surface area contributed by atoms with Gasteiger partial charge in [0.2, 0.25) is 0 Å².